The van der Waals surface area contributed by atoms with Gasteiger partial charge < -0.3 is 0 Å². The Balaban J connectivity index is 1.88. The van der Waals surface area contributed by atoms with Crippen molar-refractivity contribution in [1.82, 2.24) is 14.7 Å². The van der Waals surface area contributed by atoms with Gasteiger partial charge in [-0.15, -0.1) is 0 Å². The zero-order valence-corrected chi connectivity index (χ0v) is 10.6. The zero-order valence-electron chi connectivity index (χ0n) is 10.6. The molecule has 0 bridgehead atoms. The average molecular weight is 273 g/mol. The molecule has 1 aliphatic rings. The number of fused-ring (bicyclic) bond motifs is 1. The van der Waals surface area contributed by atoms with Gasteiger partial charge in [0, 0.05) is 6.20 Å². The fourth-order valence-corrected chi connectivity index (χ4v) is 2.32. The monoisotopic (exact) mass is 273 g/mol. The SMILES string of the molecule is O=C1c2ccccc2C(=O)N1Cc1ccnn1CCF. The Bertz CT molecular complexity index is 646. The molecule has 2 amide bonds. The summed E-state index contributed by atoms with van der Waals surface area (Å²) in [5.41, 5.74) is 1.46. The van der Waals surface area contributed by atoms with Gasteiger partial charge in [0.1, 0.15) is 6.67 Å². The van der Waals surface area contributed by atoms with E-state index in [1.165, 1.54) is 10.9 Å². The first-order valence-corrected chi connectivity index (χ1v) is 6.24. The summed E-state index contributed by atoms with van der Waals surface area (Å²) < 4.78 is 13.9. The molecule has 0 unspecified atom stereocenters. The molecule has 3 rings (SSSR count). The van der Waals surface area contributed by atoms with Crippen molar-refractivity contribution in [3.05, 3.63) is 53.3 Å². The van der Waals surface area contributed by atoms with Crippen LogP contribution in [0.4, 0.5) is 4.39 Å². The molecule has 0 saturated heterocycles. The number of aryl methyl sites for hydroxylation is 1. The summed E-state index contributed by atoms with van der Waals surface area (Å²) >= 11 is 0. The van der Waals surface area contributed by atoms with Gasteiger partial charge in [-0.2, -0.15) is 5.10 Å². The van der Waals surface area contributed by atoms with Crippen molar-refractivity contribution in [2.24, 2.45) is 0 Å². The third-order valence-electron chi connectivity index (χ3n) is 3.30. The number of alkyl halides is 1. The minimum Gasteiger partial charge on any atom is -0.269 e. The largest absolute Gasteiger partial charge is 0.269 e. The molecule has 20 heavy (non-hydrogen) atoms. The summed E-state index contributed by atoms with van der Waals surface area (Å²) in [5, 5.41) is 3.97. The molecule has 5 nitrogen and oxygen atoms in total. The molecule has 1 aromatic heterocycles. The van der Waals surface area contributed by atoms with Gasteiger partial charge in [0.25, 0.3) is 11.8 Å². The summed E-state index contributed by atoms with van der Waals surface area (Å²) in [6.07, 6.45) is 1.53. The third kappa shape index (κ3) is 1.89. The maximum Gasteiger partial charge on any atom is 0.261 e. The van der Waals surface area contributed by atoms with Crippen molar-refractivity contribution in [1.29, 1.82) is 0 Å². The van der Waals surface area contributed by atoms with Crippen molar-refractivity contribution in [3.8, 4) is 0 Å². The number of carbonyl (C=O) groups excluding carboxylic acids is 2. The lowest BCUT2D eigenvalue weighted by Gasteiger charge is -2.14. The van der Waals surface area contributed by atoms with Gasteiger partial charge in [0.15, 0.2) is 0 Å². The minimum absolute atomic E-state index is 0.104. The molecule has 0 spiro atoms. The Morgan fingerprint density at radius 3 is 2.30 bits per heavy atom. The molecule has 102 valence electrons. The van der Waals surface area contributed by atoms with E-state index >= 15 is 0 Å². The van der Waals surface area contributed by atoms with Crippen LogP contribution in [0.25, 0.3) is 0 Å². The molecule has 6 heteroatoms. The number of benzene rings is 1. The van der Waals surface area contributed by atoms with E-state index in [4.69, 9.17) is 0 Å². The predicted octanol–water partition coefficient (Wildman–Crippen LogP) is 1.65. The number of nitrogens with zero attached hydrogens (tertiary/aromatic N) is 3. The maximum atomic E-state index is 12.4. The number of amides is 2. The van der Waals surface area contributed by atoms with Crippen molar-refractivity contribution in [2.75, 3.05) is 6.67 Å². The Morgan fingerprint density at radius 1 is 1.05 bits per heavy atom. The van der Waals surface area contributed by atoms with E-state index in [1.54, 1.807) is 30.3 Å². The van der Waals surface area contributed by atoms with Crippen LogP contribution in [0.2, 0.25) is 0 Å². The van der Waals surface area contributed by atoms with Crippen LogP contribution in [0.5, 0.6) is 0 Å². The molecule has 0 saturated carbocycles. The number of aromatic nitrogens is 2. The molecule has 2 heterocycles. The summed E-state index contributed by atoms with van der Waals surface area (Å²) in [4.78, 5) is 25.6. The molecule has 1 aromatic carbocycles. The number of carbonyl (C=O) groups is 2. The van der Waals surface area contributed by atoms with E-state index in [0.29, 0.717) is 16.8 Å². The fourth-order valence-electron chi connectivity index (χ4n) is 2.32. The number of hydrogen-bond donors (Lipinski definition) is 0. The molecule has 1 aliphatic heterocycles. The molecular weight excluding hydrogens is 261 g/mol. The second kappa shape index (κ2) is 4.88. The normalized spacial score (nSPS) is 13.9. The quantitative estimate of drug-likeness (QED) is 0.796. The van der Waals surface area contributed by atoms with Crippen LogP contribution in [0.15, 0.2) is 36.5 Å². The third-order valence-corrected chi connectivity index (χ3v) is 3.30. The van der Waals surface area contributed by atoms with Gasteiger partial charge in [0.2, 0.25) is 0 Å². The van der Waals surface area contributed by atoms with Gasteiger partial charge in [-0.05, 0) is 18.2 Å². The Labute approximate surface area is 114 Å². The van der Waals surface area contributed by atoms with E-state index in [1.807, 2.05) is 0 Å². The van der Waals surface area contributed by atoms with E-state index in [0.717, 1.165) is 4.90 Å². The summed E-state index contributed by atoms with van der Waals surface area (Å²) in [6.45, 7) is -0.325. The van der Waals surface area contributed by atoms with Crippen LogP contribution >= 0.6 is 0 Å². The van der Waals surface area contributed by atoms with Crippen LogP contribution in [0.3, 0.4) is 0 Å². The van der Waals surface area contributed by atoms with E-state index in [9.17, 15) is 14.0 Å². The smallest absolute Gasteiger partial charge is 0.261 e. The molecule has 0 N–H and O–H groups in total. The van der Waals surface area contributed by atoms with Crippen molar-refractivity contribution < 1.29 is 14.0 Å². The van der Waals surface area contributed by atoms with E-state index < -0.39 is 6.67 Å². The zero-order chi connectivity index (χ0) is 14.1. The number of halogens is 1. The highest BCUT2D eigenvalue weighted by Gasteiger charge is 2.35. The molecule has 0 aliphatic carbocycles. The number of imide groups is 1. The van der Waals surface area contributed by atoms with Crippen LogP contribution in [-0.4, -0.2) is 33.2 Å². The first-order valence-electron chi connectivity index (χ1n) is 6.24. The lowest BCUT2D eigenvalue weighted by molar-refractivity contribution is 0.0638. The second-order valence-electron chi connectivity index (χ2n) is 4.48. The van der Waals surface area contributed by atoms with Gasteiger partial charge in [-0.1, -0.05) is 12.1 Å². The highest BCUT2D eigenvalue weighted by molar-refractivity contribution is 6.21. The summed E-state index contributed by atoms with van der Waals surface area (Å²) in [7, 11) is 0. The second-order valence-corrected chi connectivity index (χ2v) is 4.48. The van der Waals surface area contributed by atoms with Gasteiger partial charge in [0.05, 0.1) is 29.9 Å². The molecule has 2 aromatic rings. The minimum atomic E-state index is -0.545. The van der Waals surface area contributed by atoms with Gasteiger partial charge >= 0.3 is 0 Å². The first kappa shape index (κ1) is 12.5. The Hall–Kier alpha value is -2.50. The van der Waals surface area contributed by atoms with Crippen LogP contribution in [0.1, 0.15) is 26.4 Å². The van der Waals surface area contributed by atoms with Gasteiger partial charge in [-0.3, -0.25) is 19.2 Å². The Morgan fingerprint density at radius 2 is 1.70 bits per heavy atom. The lowest BCUT2D eigenvalue weighted by atomic mass is 10.1. The predicted molar refractivity (Wildman–Crippen MR) is 68.8 cm³/mol. The van der Waals surface area contributed by atoms with Crippen LogP contribution < -0.4 is 0 Å². The van der Waals surface area contributed by atoms with Crippen LogP contribution in [0, 0.1) is 0 Å². The van der Waals surface area contributed by atoms with Crippen molar-refractivity contribution in [2.45, 2.75) is 13.1 Å². The first-order chi connectivity index (χ1) is 9.72. The molecule has 0 fully saturated rings. The Kier molecular flexibility index (Phi) is 3.06. The maximum absolute atomic E-state index is 12.4. The summed E-state index contributed by atoms with van der Waals surface area (Å²) in [5.74, 6) is -0.641. The molecular formula is C14H12FN3O2. The topological polar surface area (TPSA) is 55.2 Å². The highest BCUT2D eigenvalue weighted by Crippen LogP contribution is 2.24. The van der Waals surface area contributed by atoms with Crippen molar-refractivity contribution in [3.63, 3.8) is 0 Å². The highest BCUT2D eigenvalue weighted by atomic mass is 19.1. The van der Waals surface area contributed by atoms with Crippen LogP contribution in [-0.2, 0) is 13.1 Å². The van der Waals surface area contributed by atoms with E-state index in [-0.39, 0.29) is 24.9 Å². The van der Waals surface area contributed by atoms with Gasteiger partial charge in [-0.25, -0.2) is 4.39 Å². The fraction of sp³-hybridized carbons (Fsp3) is 0.214. The number of rotatable bonds is 4. The molecule has 0 radical (unpaired) electrons. The van der Waals surface area contributed by atoms with Crippen molar-refractivity contribution >= 4 is 11.8 Å². The lowest BCUT2D eigenvalue weighted by Crippen LogP contribution is -2.30. The standard InChI is InChI=1S/C14H12FN3O2/c15-6-8-18-10(5-7-16-18)9-17-13(19)11-3-1-2-4-12(11)14(17)20/h1-5,7H,6,8-9H2. The molecule has 0 atom stereocenters. The average Bonchev–Trinajstić information content (AvgIpc) is 2.99. The summed E-state index contributed by atoms with van der Waals surface area (Å²) in [6, 6.07) is 8.39. The van der Waals surface area contributed by atoms with E-state index in [2.05, 4.69) is 5.10 Å². The number of hydrogen-bond acceptors (Lipinski definition) is 3.